The lowest BCUT2D eigenvalue weighted by Gasteiger charge is -2.21. The third-order valence-electron chi connectivity index (χ3n) is 7.23. The van der Waals surface area contributed by atoms with Gasteiger partial charge in [-0.2, -0.15) is 0 Å². The predicted octanol–water partition coefficient (Wildman–Crippen LogP) is 5.80. The van der Waals surface area contributed by atoms with Crippen molar-refractivity contribution >= 4 is 22.8 Å². The van der Waals surface area contributed by atoms with E-state index in [1.54, 1.807) is 0 Å². The van der Waals surface area contributed by atoms with Gasteiger partial charge in [0.1, 0.15) is 29.3 Å². The molecule has 2 atom stereocenters. The molecule has 2 aromatic carbocycles. The average molecular weight is 512 g/mol. The number of fused-ring (bicyclic) bond motifs is 1. The monoisotopic (exact) mass is 511 g/mol. The average Bonchev–Trinajstić information content (AvgIpc) is 3.53. The molecule has 0 bridgehead atoms. The molecule has 2 aromatic heterocycles. The summed E-state index contributed by atoms with van der Waals surface area (Å²) in [5.41, 5.74) is 10.1. The van der Waals surface area contributed by atoms with Crippen LogP contribution < -0.4 is 15.8 Å². The van der Waals surface area contributed by atoms with Crippen LogP contribution in [0.3, 0.4) is 0 Å². The lowest BCUT2D eigenvalue weighted by atomic mass is 9.97. The standard InChI is InChI=1S/C30H33N5O3/c1-30(2,3)29(36)38-23-15-20(16-32-23)35-26(19-9-10-19)24(25-27(31)33-17-34-28(25)35)18-11-13-22(14-12-18)37-21-7-5-4-6-8-21/h4-8,11-14,17,19-20,23,32H,9-10,15-16H2,1-3H3,(H2,31,33,34)/t20-,23?/m1/s1. The molecule has 8 heteroatoms. The minimum Gasteiger partial charge on any atom is -0.457 e. The normalized spacial score (nSPS) is 19.6. The molecule has 3 heterocycles. The van der Waals surface area contributed by atoms with Gasteiger partial charge in [-0.15, -0.1) is 0 Å². The minimum atomic E-state index is -0.551. The highest BCUT2D eigenvalue weighted by Crippen LogP contribution is 2.51. The first-order chi connectivity index (χ1) is 18.3. The summed E-state index contributed by atoms with van der Waals surface area (Å²) in [5.74, 6) is 2.25. The number of para-hydroxylation sites is 1. The van der Waals surface area contributed by atoms with Gasteiger partial charge in [0.15, 0.2) is 6.23 Å². The van der Waals surface area contributed by atoms with Crippen molar-refractivity contribution in [3.8, 4) is 22.6 Å². The smallest absolute Gasteiger partial charge is 0.312 e. The molecule has 4 aromatic rings. The Labute approximate surface area is 222 Å². The molecule has 0 radical (unpaired) electrons. The van der Waals surface area contributed by atoms with Crippen LogP contribution >= 0.6 is 0 Å². The molecule has 1 unspecified atom stereocenters. The third kappa shape index (κ3) is 4.60. The van der Waals surface area contributed by atoms with Crippen LogP contribution in [0.5, 0.6) is 11.5 Å². The Morgan fingerprint density at radius 1 is 1.03 bits per heavy atom. The number of benzene rings is 2. The van der Waals surface area contributed by atoms with Crippen LogP contribution in [0.2, 0.25) is 0 Å². The number of nitrogens with zero attached hydrogens (tertiary/aromatic N) is 3. The predicted molar refractivity (Wildman–Crippen MR) is 147 cm³/mol. The topological polar surface area (TPSA) is 104 Å². The number of rotatable bonds is 6. The molecule has 196 valence electrons. The second-order valence-electron chi connectivity index (χ2n) is 11.2. The second kappa shape index (κ2) is 9.44. The lowest BCUT2D eigenvalue weighted by Crippen LogP contribution is -2.33. The zero-order valence-electron chi connectivity index (χ0n) is 22.0. The number of carbonyl (C=O) groups is 1. The lowest BCUT2D eigenvalue weighted by molar-refractivity contribution is -0.159. The number of anilines is 1. The van der Waals surface area contributed by atoms with Gasteiger partial charge in [0.05, 0.1) is 16.8 Å². The first-order valence-corrected chi connectivity index (χ1v) is 13.2. The van der Waals surface area contributed by atoms with Crippen LogP contribution in [0.1, 0.15) is 57.7 Å². The summed E-state index contributed by atoms with van der Waals surface area (Å²) in [6.45, 7) is 6.29. The Morgan fingerprint density at radius 3 is 2.42 bits per heavy atom. The van der Waals surface area contributed by atoms with E-state index in [0.717, 1.165) is 46.5 Å². The minimum absolute atomic E-state index is 0.0783. The molecule has 1 saturated carbocycles. The van der Waals surface area contributed by atoms with Crippen LogP contribution in [0.25, 0.3) is 22.2 Å². The van der Waals surface area contributed by atoms with Gasteiger partial charge in [0.2, 0.25) is 0 Å². The zero-order valence-corrected chi connectivity index (χ0v) is 22.0. The van der Waals surface area contributed by atoms with Crippen LogP contribution in [-0.4, -0.2) is 33.3 Å². The fourth-order valence-electron chi connectivity index (χ4n) is 5.18. The van der Waals surface area contributed by atoms with Crippen molar-refractivity contribution in [1.29, 1.82) is 0 Å². The molecule has 1 aliphatic heterocycles. The SMILES string of the molecule is CC(C)(C)C(=O)OC1C[C@@H](n2c(C3CC3)c(-c3ccc(Oc4ccccc4)cc3)c3c(N)ncnc32)CN1. The number of esters is 1. The largest absolute Gasteiger partial charge is 0.457 e. The van der Waals surface area contributed by atoms with E-state index >= 15 is 0 Å². The van der Waals surface area contributed by atoms with Crippen molar-refractivity contribution < 1.29 is 14.3 Å². The molecule has 3 N–H and O–H groups in total. The molecule has 2 fully saturated rings. The van der Waals surface area contributed by atoms with Crippen molar-refractivity contribution in [2.24, 2.45) is 5.41 Å². The van der Waals surface area contributed by atoms with E-state index in [9.17, 15) is 4.79 Å². The van der Waals surface area contributed by atoms with Crippen molar-refractivity contribution in [1.82, 2.24) is 19.9 Å². The maximum atomic E-state index is 12.5. The van der Waals surface area contributed by atoms with Gasteiger partial charge in [-0.1, -0.05) is 30.3 Å². The van der Waals surface area contributed by atoms with E-state index in [2.05, 4.69) is 27.0 Å². The summed E-state index contributed by atoms with van der Waals surface area (Å²) in [6, 6.07) is 18.0. The van der Waals surface area contributed by atoms with Gasteiger partial charge in [0, 0.05) is 24.2 Å². The van der Waals surface area contributed by atoms with Crippen LogP contribution in [0.4, 0.5) is 5.82 Å². The van der Waals surface area contributed by atoms with E-state index in [0.29, 0.717) is 24.7 Å². The summed E-state index contributed by atoms with van der Waals surface area (Å²) >= 11 is 0. The molecule has 1 aliphatic carbocycles. The van der Waals surface area contributed by atoms with Crippen LogP contribution in [-0.2, 0) is 9.53 Å². The van der Waals surface area contributed by atoms with Crippen molar-refractivity contribution in [2.75, 3.05) is 12.3 Å². The van der Waals surface area contributed by atoms with E-state index < -0.39 is 5.41 Å². The Balaban J connectivity index is 1.38. The maximum absolute atomic E-state index is 12.5. The quantitative estimate of drug-likeness (QED) is 0.315. The van der Waals surface area contributed by atoms with E-state index in [4.69, 9.17) is 20.2 Å². The number of hydrogen-bond donors (Lipinski definition) is 2. The highest BCUT2D eigenvalue weighted by Gasteiger charge is 2.39. The van der Waals surface area contributed by atoms with Gasteiger partial charge in [-0.25, -0.2) is 9.97 Å². The summed E-state index contributed by atoms with van der Waals surface area (Å²) < 4.78 is 14.1. The molecule has 1 saturated heterocycles. The molecular formula is C30H33N5O3. The second-order valence-corrected chi connectivity index (χ2v) is 11.2. The fraction of sp³-hybridized carbons (Fsp3) is 0.367. The Morgan fingerprint density at radius 2 is 1.74 bits per heavy atom. The molecule has 38 heavy (non-hydrogen) atoms. The Kier molecular flexibility index (Phi) is 6.07. The van der Waals surface area contributed by atoms with Crippen molar-refractivity contribution in [3.05, 3.63) is 66.6 Å². The van der Waals surface area contributed by atoms with Gasteiger partial charge in [0.25, 0.3) is 0 Å². The first kappa shape index (κ1) is 24.4. The van der Waals surface area contributed by atoms with Gasteiger partial charge in [-0.3, -0.25) is 10.1 Å². The van der Waals surface area contributed by atoms with Gasteiger partial charge in [-0.05, 0) is 69.4 Å². The fourth-order valence-corrected chi connectivity index (χ4v) is 5.18. The molecule has 0 spiro atoms. The number of carbonyl (C=O) groups excluding carboxylic acids is 1. The summed E-state index contributed by atoms with van der Waals surface area (Å²) in [7, 11) is 0. The summed E-state index contributed by atoms with van der Waals surface area (Å²) in [6.07, 6.45) is 4.10. The molecule has 0 amide bonds. The highest BCUT2D eigenvalue weighted by atomic mass is 16.6. The van der Waals surface area contributed by atoms with Crippen molar-refractivity contribution in [2.45, 2.75) is 58.2 Å². The molecule has 8 nitrogen and oxygen atoms in total. The summed E-state index contributed by atoms with van der Waals surface area (Å²) in [5, 5.41) is 4.27. The van der Waals surface area contributed by atoms with Gasteiger partial charge < -0.3 is 19.8 Å². The zero-order chi connectivity index (χ0) is 26.4. The number of nitrogens with one attached hydrogen (secondary N) is 1. The Hall–Kier alpha value is -3.91. The number of ether oxygens (including phenoxy) is 2. The number of aromatic nitrogens is 3. The highest BCUT2D eigenvalue weighted by molar-refractivity contribution is 6.03. The maximum Gasteiger partial charge on any atom is 0.312 e. The van der Waals surface area contributed by atoms with Crippen LogP contribution in [0, 0.1) is 5.41 Å². The van der Waals surface area contributed by atoms with Crippen LogP contribution in [0.15, 0.2) is 60.9 Å². The molecule has 2 aliphatic rings. The molecule has 6 rings (SSSR count). The third-order valence-corrected chi connectivity index (χ3v) is 7.23. The van der Waals surface area contributed by atoms with E-state index in [1.165, 1.54) is 12.0 Å². The number of hydrogen-bond acceptors (Lipinski definition) is 7. The number of nitrogen functional groups attached to an aromatic ring is 1. The van der Waals surface area contributed by atoms with E-state index in [-0.39, 0.29) is 18.2 Å². The van der Waals surface area contributed by atoms with Gasteiger partial charge >= 0.3 is 5.97 Å². The van der Waals surface area contributed by atoms with Crippen molar-refractivity contribution in [3.63, 3.8) is 0 Å². The van der Waals surface area contributed by atoms with E-state index in [1.807, 2.05) is 63.2 Å². The summed E-state index contributed by atoms with van der Waals surface area (Å²) in [4.78, 5) is 21.6. The first-order valence-electron chi connectivity index (χ1n) is 13.2. The Bertz CT molecular complexity index is 1470. The molecular weight excluding hydrogens is 478 g/mol. The number of nitrogens with two attached hydrogens (primary N) is 1.